The molecule has 0 aromatic heterocycles. The summed E-state index contributed by atoms with van der Waals surface area (Å²) in [5.74, 6) is 0.677. The molecule has 0 bridgehead atoms. The molecular formula is C23H25FN2O3. The number of alkyl halides is 1. The van der Waals surface area contributed by atoms with Crippen molar-refractivity contribution in [2.45, 2.75) is 32.4 Å². The van der Waals surface area contributed by atoms with Gasteiger partial charge in [-0.3, -0.25) is 19.4 Å². The summed E-state index contributed by atoms with van der Waals surface area (Å²) < 4.78 is 14.8. The van der Waals surface area contributed by atoms with Gasteiger partial charge in [-0.05, 0) is 36.2 Å². The summed E-state index contributed by atoms with van der Waals surface area (Å²) in [6.07, 6.45) is 14.6. The van der Waals surface area contributed by atoms with Gasteiger partial charge >= 0.3 is 6.03 Å². The van der Waals surface area contributed by atoms with Crippen LogP contribution in [0.5, 0.6) is 0 Å². The molecule has 6 heteroatoms. The molecule has 1 saturated heterocycles. The number of hydrogen-bond donors (Lipinski definition) is 0. The second kappa shape index (κ2) is 7.93. The number of imide groups is 2. The Labute approximate surface area is 169 Å². The summed E-state index contributed by atoms with van der Waals surface area (Å²) >= 11 is 0. The zero-order valence-electron chi connectivity index (χ0n) is 16.5. The number of halogens is 1. The SMILES string of the molecule is CC1C2C=CC(CCN3C(=O)CC(=O)N(C[C@@H](F)C4=CC=CCC=C4)C3=O)=CC12. The monoisotopic (exact) mass is 396 g/mol. The fourth-order valence-electron chi connectivity index (χ4n) is 4.19. The molecule has 0 radical (unpaired) electrons. The molecule has 0 N–H and O–H groups in total. The lowest BCUT2D eigenvalue weighted by Crippen LogP contribution is -2.56. The van der Waals surface area contributed by atoms with Crippen molar-refractivity contribution in [2.75, 3.05) is 13.1 Å². The van der Waals surface area contributed by atoms with Gasteiger partial charge in [0.15, 0.2) is 0 Å². The van der Waals surface area contributed by atoms with Gasteiger partial charge in [-0.25, -0.2) is 9.18 Å². The van der Waals surface area contributed by atoms with Gasteiger partial charge in [-0.1, -0.05) is 61.1 Å². The smallest absolute Gasteiger partial charge is 0.274 e. The number of nitrogens with zero attached hydrogens (tertiary/aromatic N) is 2. The fraction of sp³-hybridized carbons (Fsp3) is 0.435. The molecular weight excluding hydrogens is 371 g/mol. The standard InChI is InChI=1S/C23H25FN2O3/c1-15-18-9-8-16(12-19(15)18)10-11-25-21(27)13-22(28)26(23(25)29)14-20(24)17-6-4-2-3-5-7-17/h2,4-9,12,15,18-20H,3,10-11,13-14H2,1H3/t15?,18?,19?,20-/m1/s1. The van der Waals surface area contributed by atoms with Crippen molar-refractivity contribution in [3.05, 3.63) is 59.8 Å². The van der Waals surface area contributed by atoms with Crippen LogP contribution in [0.2, 0.25) is 0 Å². The first kappa shape index (κ1) is 19.6. The van der Waals surface area contributed by atoms with E-state index in [1.54, 1.807) is 18.2 Å². The van der Waals surface area contributed by atoms with Crippen LogP contribution in [0.15, 0.2) is 59.8 Å². The van der Waals surface area contributed by atoms with Gasteiger partial charge in [-0.2, -0.15) is 0 Å². The average Bonchev–Trinajstić information content (AvgIpc) is 3.42. The normalized spacial score (nSPS) is 29.4. The van der Waals surface area contributed by atoms with Crippen LogP contribution in [0.1, 0.15) is 26.2 Å². The molecule has 4 atom stereocenters. The summed E-state index contributed by atoms with van der Waals surface area (Å²) in [6.45, 7) is 2.03. The molecule has 4 aliphatic rings. The van der Waals surface area contributed by atoms with Crippen LogP contribution in [0.3, 0.4) is 0 Å². The number of hydrogen-bond acceptors (Lipinski definition) is 3. The minimum Gasteiger partial charge on any atom is -0.274 e. The van der Waals surface area contributed by atoms with Crippen molar-refractivity contribution in [3.63, 3.8) is 0 Å². The number of allylic oxidation sites excluding steroid dienone is 8. The predicted octanol–water partition coefficient (Wildman–Crippen LogP) is 3.72. The highest BCUT2D eigenvalue weighted by molar-refractivity contribution is 6.14. The molecule has 5 nitrogen and oxygen atoms in total. The maximum absolute atomic E-state index is 14.8. The van der Waals surface area contributed by atoms with E-state index in [0.717, 1.165) is 15.4 Å². The maximum Gasteiger partial charge on any atom is 0.333 e. The molecule has 4 rings (SSSR count). The second-order valence-electron chi connectivity index (χ2n) is 8.07. The Hall–Kier alpha value is -2.76. The van der Waals surface area contributed by atoms with E-state index in [9.17, 15) is 18.8 Å². The van der Waals surface area contributed by atoms with E-state index < -0.39 is 30.4 Å². The average molecular weight is 396 g/mol. The second-order valence-corrected chi connectivity index (χ2v) is 8.07. The Balaban J connectivity index is 1.40. The summed E-state index contributed by atoms with van der Waals surface area (Å²) in [5.41, 5.74) is 1.51. The molecule has 4 amide bonds. The zero-order valence-corrected chi connectivity index (χ0v) is 16.5. The quantitative estimate of drug-likeness (QED) is 0.643. The van der Waals surface area contributed by atoms with Crippen molar-refractivity contribution in [1.82, 2.24) is 9.80 Å². The van der Waals surface area contributed by atoms with Crippen LogP contribution in [0.25, 0.3) is 0 Å². The lowest BCUT2D eigenvalue weighted by molar-refractivity contribution is -0.142. The van der Waals surface area contributed by atoms with E-state index in [-0.39, 0.29) is 13.1 Å². The van der Waals surface area contributed by atoms with Gasteiger partial charge in [0.2, 0.25) is 11.8 Å². The first-order valence-electron chi connectivity index (χ1n) is 10.2. The van der Waals surface area contributed by atoms with E-state index in [4.69, 9.17) is 0 Å². The van der Waals surface area contributed by atoms with Crippen LogP contribution in [0.4, 0.5) is 9.18 Å². The number of amides is 4. The van der Waals surface area contributed by atoms with Gasteiger partial charge < -0.3 is 0 Å². The number of fused-ring (bicyclic) bond motifs is 1. The number of urea groups is 1. The minimum atomic E-state index is -1.49. The van der Waals surface area contributed by atoms with E-state index in [1.165, 1.54) is 0 Å². The third kappa shape index (κ3) is 4.02. The zero-order chi connectivity index (χ0) is 20.5. The van der Waals surface area contributed by atoms with Crippen LogP contribution >= 0.6 is 0 Å². The van der Waals surface area contributed by atoms with Crippen LogP contribution < -0.4 is 0 Å². The molecule has 1 saturated carbocycles. The van der Waals surface area contributed by atoms with Crippen LogP contribution in [0, 0.1) is 17.8 Å². The Morgan fingerprint density at radius 2 is 1.90 bits per heavy atom. The molecule has 0 spiro atoms. The third-order valence-electron chi connectivity index (χ3n) is 6.16. The van der Waals surface area contributed by atoms with Crippen molar-refractivity contribution >= 4 is 17.8 Å². The van der Waals surface area contributed by atoms with Crippen molar-refractivity contribution < 1.29 is 18.8 Å². The Morgan fingerprint density at radius 1 is 1.10 bits per heavy atom. The number of carbonyl (C=O) groups excluding carboxylic acids is 3. The predicted molar refractivity (Wildman–Crippen MR) is 107 cm³/mol. The molecule has 29 heavy (non-hydrogen) atoms. The lowest BCUT2D eigenvalue weighted by Gasteiger charge is -2.33. The highest BCUT2D eigenvalue weighted by Gasteiger charge is 2.44. The minimum absolute atomic E-state index is 0.200. The number of carbonyl (C=O) groups is 3. The first-order valence-corrected chi connectivity index (χ1v) is 10.2. The lowest BCUT2D eigenvalue weighted by atomic mass is 10.0. The molecule has 1 aliphatic heterocycles. The first-order chi connectivity index (χ1) is 14.0. The molecule has 3 unspecified atom stereocenters. The number of barbiturate groups is 1. The van der Waals surface area contributed by atoms with Crippen molar-refractivity contribution in [3.8, 4) is 0 Å². The Bertz CT molecular complexity index is 883. The number of rotatable bonds is 6. The summed E-state index contributed by atoms with van der Waals surface area (Å²) in [4.78, 5) is 39.3. The highest BCUT2D eigenvalue weighted by Crippen LogP contribution is 2.50. The molecule has 3 aliphatic carbocycles. The summed E-state index contributed by atoms with van der Waals surface area (Å²) in [6, 6.07) is -0.722. The molecule has 1 heterocycles. The fourth-order valence-corrected chi connectivity index (χ4v) is 4.19. The largest absolute Gasteiger partial charge is 0.333 e. The van der Waals surface area contributed by atoms with Crippen molar-refractivity contribution in [2.24, 2.45) is 17.8 Å². The molecule has 0 aromatic carbocycles. The Morgan fingerprint density at radius 3 is 2.69 bits per heavy atom. The van der Waals surface area contributed by atoms with E-state index in [0.29, 0.717) is 36.2 Å². The van der Waals surface area contributed by atoms with Crippen molar-refractivity contribution in [1.29, 1.82) is 0 Å². The van der Waals surface area contributed by atoms with Gasteiger partial charge in [0.05, 0.1) is 6.54 Å². The summed E-state index contributed by atoms with van der Waals surface area (Å²) in [5, 5.41) is 0. The van der Waals surface area contributed by atoms with Gasteiger partial charge in [0.1, 0.15) is 12.6 Å². The van der Waals surface area contributed by atoms with E-state index in [2.05, 4.69) is 25.2 Å². The Kier molecular flexibility index (Phi) is 5.35. The van der Waals surface area contributed by atoms with Crippen LogP contribution in [-0.2, 0) is 9.59 Å². The molecule has 2 fully saturated rings. The van der Waals surface area contributed by atoms with Gasteiger partial charge in [0.25, 0.3) is 0 Å². The third-order valence-corrected chi connectivity index (χ3v) is 6.16. The van der Waals surface area contributed by atoms with Crippen LogP contribution in [-0.4, -0.2) is 46.9 Å². The molecule has 152 valence electrons. The van der Waals surface area contributed by atoms with E-state index >= 15 is 0 Å². The van der Waals surface area contributed by atoms with Gasteiger partial charge in [0, 0.05) is 6.54 Å². The van der Waals surface area contributed by atoms with E-state index in [1.807, 2.05) is 12.2 Å². The van der Waals surface area contributed by atoms with Gasteiger partial charge in [-0.15, -0.1) is 0 Å². The topological polar surface area (TPSA) is 57.7 Å². The highest BCUT2D eigenvalue weighted by atomic mass is 19.1. The molecule has 0 aromatic rings. The maximum atomic E-state index is 14.8. The summed E-state index contributed by atoms with van der Waals surface area (Å²) in [7, 11) is 0.